The summed E-state index contributed by atoms with van der Waals surface area (Å²) in [6.07, 6.45) is 2.73. The molecule has 0 atom stereocenters. The SMILES string of the molecule is Cc1cc(CN(C)C2CC2)ccc1N. The number of benzene rings is 1. The van der Waals surface area contributed by atoms with E-state index >= 15 is 0 Å². The number of aryl methyl sites for hydroxylation is 1. The largest absolute Gasteiger partial charge is 0.399 e. The fourth-order valence-corrected chi connectivity index (χ4v) is 1.77. The van der Waals surface area contributed by atoms with Crippen LogP contribution in [0.2, 0.25) is 0 Å². The third kappa shape index (κ3) is 2.07. The lowest BCUT2D eigenvalue weighted by molar-refractivity contribution is 0.316. The summed E-state index contributed by atoms with van der Waals surface area (Å²) in [6.45, 7) is 3.11. The van der Waals surface area contributed by atoms with Gasteiger partial charge in [0.15, 0.2) is 0 Å². The zero-order valence-electron chi connectivity index (χ0n) is 8.96. The topological polar surface area (TPSA) is 29.3 Å². The van der Waals surface area contributed by atoms with E-state index in [9.17, 15) is 0 Å². The van der Waals surface area contributed by atoms with Crippen molar-refractivity contribution in [3.63, 3.8) is 0 Å². The Morgan fingerprint density at radius 1 is 1.43 bits per heavy atom. The van der Waals surface area contributed by atoms with Gasteiger partial charge < -0.3 is 5.73 Å². The van der Waals surface area contributed by atoms with Gasteiger partial charge in [0.25, 0.3) is 0 Å². The fourth-order valence-electron chi connectivity index (χ4n) is 1.77. The van der Waals surface area contributed by atoms with Crippen LogP contribution in [0.15, 0.2) is 18.2 Å². The quantitative estimate of drug-likeness (QED) is 0.740. The first kappa shape index (κ1) is 9.53. The molecule has 0 amide bonds. The first-order chi connectivity index (χ1) is 6.66. The molecule has 2 rings (SSSR count). The average molecular weight is 190 g/mol. The number of nitrogen functional groups attached to an aromatic ring is 1. The summed E-state index contributed by atoms with van der Waals surface area (Å²) in [5.74, 6) is 0. The molecule has 2 heteroatoms. The Bertz CT molecular complexity index is 329. The van der Waals surface area contributed by atoms with Crippen molar-refractivity contribution in [1.82, 2.24) is 4.90 Å². The predicted octanol–water partition coefficient (Wildman–Crippen LogP) is 2.17. The Hall–Kier alpha value is -1.02. The van der Waals surface area contributed by atoms with Crippen LogP contribution in [-0.2, 0) is 6.54 Å². The molecule has 0 spiro atoms. The summed E-state index contributed by atoms with van der Waals surface area (Å²) >= 11 is 0. The predicted molar refractivity (Wildman–Crippen MR) is 60.1 cm³/mol. The van der Waals surface area contributed by atoms with Gasteiger partial charge in [-0.25, -0.2) is 0 Å². The summed E-state index contributed by atoms with van der Waals surface area (Å²) in [5, 5.41) is 0. The van der Waals surface area contributed by atoms with E-state index in [1.165, 1.54) is 24.0 Å². The maximum absolute atomic E-state index is 5.78. The Morgan fingerprint density at radius 2 is 2.14 bits per heavy atom. The van der Waals surface area contributed by atoms with Gasteiger partial charge in [-0.2, -0.15) is 0 Å². The van der Waals surface area contributed by atoms with Gasteiger partial charge in [-0.15, -0.1) is 0 Å². The van der Waals surface area contributed by atoms with Crippen molar-refractivity contribution in [1.29, 1.82) is 0 Å². The Morgan fingerprint density at radius 3 is 2.71 bits per heavy atom. The zero-order valence-corrected chi connectivity index (χ0v) is 8.96. The summed E-state index contributed by atoms with van der Waals surface area (Å²) < 4.78 is 0. The standard InChI is InChI=1S/C12H18N2/c1-9-7-10(3-6-12(9)13)8-14(2)11-4-5-11/h3,6-7,11H,4-5,8,13H2,1-2H3. The highest BCUT2D eigenvalue weighted by molar-refractivity contribution is 5.47. The molecule has 0 heterocycles. The Labute approximate surface area is 85.7 Å². The second-order valence-corrected chi connectivity index (χ2v) is 4.34. The summed E-state index contributed by atoms with van der Waals surface area (Å²) in [6, 6.07) is 7.15. The molecule has 0 unspecified atom stereocenters. The highest BCUT2D eigenvalue weighted by Gasteiger charge is 2.25. The van der Waals surface area contributed by atoms with Crippen LogP contribution in [0.1, 0.15) is 24.0 Å². The maximum atomic E-state index is 5.78. The molecule has 0 bridgehead atoms. The summed E-state index contributed by atoms with van der Waals surface area (Å²) in [5.41, 5.74) is 9.22. The molecule has 0 aromatic heterocycles. The van der Waals surface area contributed by atoms with E-state index in [0.717, 1.165) is 18.3 Å². The van der Waals surface area contributed by atoms with Gasteiger partial charge in [-0.05, 0) is 44.0 Å². The molecule has 0 radical (unpaired) electrons. The molecular formula is C12H18N2. The van der Waals surface area contributed by atoms with Crippen LogP contribution in [0, 0.1) is 6.92 Å². The molecule has 0 aliphatic heterocycles. The molecule has 14 heavy (non-hydrogen) atoms. The van der Waals surface area contributed by atoms with E-state index in [2.05, 4.69) is 31.0 Å². The van der Waals surface area contributed by atoms with Gasteiger partial charge in [-0.1, -0.05) is 12.1 Å². The molecule has 0 saturated heterocycles. The van der Waals surface area contributed by atoms with E-state index in [-0.39, 0.29) is 0 Å². The molecule has 1 saturated carbocycles. The van der Waals surface area contributed by atoms with Crippen molar-refractivity contribution in [2.45, 2.75) is 32.4 Å². The van der Waals surface area contributed by atoms with E-state index in [4.69, 9.17) is 5.73 Å². The van der Waals surface area contributed by atoms with Crippen LogP contribution in [0.3, 0.4) is 0 Å². The lowest BCUT2D eigenvalue weighted by Crippen LogP contribution is -2.19. The van der Waals surface area contributed by atoms with Crippen molar-refractivity contribution in [3.8, 4) is 0 Å². The van der Waals surface area contributed by atoms with Crippen LogP contribution >= 0.6 is 0 Å². The van der Waals surface area contributed by atoms with Crippen molar-refractivity contribution in [3.05, 3.63) is 29.3 Å². The first-order valence-corrected chi connectivity index (χ1v) is 5.22. The molecule has 1 fully saturated rings. The molecule has 1 aromatic rings. The Kier molecular flexibility index (Phi) is 2.46. The van der Waals surface area contributed by atoms with Crippen molar-refractivity contribution >= 4 is 5.69 Å². The normalized spacial score (nSPS) is 16.2. The molecule has 1 aliphatic rings. The highest BCUT2D eigenvalue weighted by Crippen LogP contribution is 2.27. The average Bonchev–Trinajstić information content (AvgIpc) is 2.94. The van der Waals surface area contributed by atoms with Gasteiger partial charge in [0.1, 0.15) is 0 Å². The lowest BCUT2D eigenvalue weighted by atomic mass is 10.1. The highest BCUT2D eigenvalue weighted by atomic mass is 15.1. The maximum Gasteiger partial charge on any atom is 0.0343 e. The second-order valence-electron chi connectivity index (χ2n) is 4.34. The zero-order chi connectivity index (χ0) is 10.1. The minimum Gasteiger partial charge on any atom is -0.399 e. The van der Waals surface area contributed by atoms with Crippen LogP contribution in [0.4, 0.5) is 5.69 Å². The summed E-state index contributed by atoms with van der Waals surface area (Å²) in [7, 11) is 2.20. The molecule has 2 nitrogen and oxygen atoms in total. The smallest absolute Gasteiger partial charge is 0.0343 e. The van der Waals surface area contributed by atoms with Gasteiger partial charge in [-0.3, -0.25) is 4.90 Å². The molecule has 1 aliphatic carbocycles. The number of hydrogen-bond acceptors (Lipinski definition) is 2. The number of nitrogens with zero attached hydrogens (tertiary/aromatic N) is 1. The second kappa shape index (κ2) is 3.62. The fraction of sp³-hybridized carbons (Fsp3) is 0.500. The van der Waals surface area contributed by atoms with E-state index < -0.39 is 0 Å². The monoisotopic (exact) mass is 190 g/mol. The number of anilines is 1. The first-order valence-electron chi connectivity index (χ1n) is 5.22. The summed E-state index contributed by atoms with van der Waals surface area (Å²) in [4.78, 5) is 2.42. The Balaban J connectivity index is 2.04. The van der Waals surface area contributed by atoms with Gasteiger partial charge >= 0.3 is 0 Å². The molecule has 1 aromatic carbocycles. The van der Waals surface area contributed by atoms with E-state index in [1.807, 2.05) is 6.07 Å². The van der Waals surface area contributed by atoms with E-state index in [0.29, 0.717) is 0 Å². The third-order valence-electron chi connectivity index (χ3n) is 2.94. The van der Waals surface area contributed by atoms with Crippen LogP contribution < -0.4 is 5.73 Å². The van der Waals surface area contributed by atoms with Gasteiger partial charge in [0.05, 0.1) is 0 Å². The van der Waals surface area contributed by atoms with Gasteiger partial charge in [0, 0.05) is 18.3 Å². The minimum atomic E-state index is 0.827. The van der Waals surface area contributed by atoms with Crippen molar-refractivity contribution in [2.75, 3.05) is 12.8 Å². The van der Waals surface area contributed by atoms with Crippen LogP contribution in [0.25, 0.3) is 0 Å². The van der Waals surface area contributed by atoms with Crippen molar-refractivity contribution in [2.24, 2.45) is 0 Å². The van der Waals surface area contributed by atoms with Gasteiger partial charge in [0.2, 0.25) is 0 Å². The molecule has 76 valence electrons. The van der Waals surface area contributed by atoms with Crippen molar-refractivity contribution < 1.29 is 0 Å². The van der Waals surface area contributed by atoms with Crippen LogP contribution in [0.5, 0.6) is 0 Å². The number of rotatable bonds is 3. The lowest BCUT2D eigenvalue weighted by Gasteiger charge is -2.16. The molecular weight excluding hydrogens is 172 g/mol. The van der Waals surface area contributed by atoms with Crippen LogP contribution in [-0.4, -0.2) is 18.0 Å². The third-order valence-corrected chi connectivity index (χ3v) is 2.94. The number of hydrogen-bond donors (Lipinski definition) is 1. The van der Waals surface area contributed by atoms with E-state index in [1.54, 1.807) is 0 Å². The number of nitrogens with two attached hydrogens (primary N) is 1. The minimum absolute atomic E-state index is 0.827. The molecule has 2 N–H and O–H groups in total.